The van der Waals surface area contributed by atoms with Gasteiger partial charge >= 0.3 is 10.8 Å². The fourth-order valence-electron chi connectivity index (χ4n) is 2.36. The Morgan fingerprint density at radius 2 is 1.95 bits per heavy atom. The minimum atomic E-state index is -0.830. The second kappa shape index (κ2) is 6.72. The third kappa shape index (κ3) is 3.61. The van der Waals surface area contributed by atoms with Crippen LogP contribution >= 0.6 is 11.3 Å². The van der Waals surface area contributed by atoms with Gasteiger partial charge in [-0.3, -0.25) is 14.2 Å². The SMILES string of the molecule is CCc1ccc(-c2c(C)sc(=O)n2CCCC(=O)O)cc1. The fraction of sp³-hybridized carbons (Fsp3) is 0.375. The normalized spacial score (nSPS) is 10.8. The van der Waals surface area contributed by atoms with Crippen LogP contribution in [0.25, 0.3) is 11.3 Å². The van der Waals surface area contributed by atoms with Crippen LogP contribution in [0.1, 0.15) is 30.2 Å². The number of carboxylic acids is 1. The summed E-state index contributed by atoms with van der Waals surface area (Å²) < 4.78 is 1.70. The van der Waals surface area contributed by atoms with Gasteiger partial charge in [0.1, 0.15) is 0 Å². The molecule has 2 aromatic rings. The molecule has 4 nitrogen and oxygen atoms in total. The Kier molecular flexibility index (Phi) is 4.96. The second-order valence-electron chi connectivity index (χ2n) is 4.97. The molecule has 0 saturated carbocycles. The van der Waals surface area contributed by atoms with Crippen LogP contribution in [0.5, 0.6) is 0 Å². The molecule has 1 aromatic heterocycles. The second-order valence-corrected chi connectivity index (χ2v) is 6.14. The Morgan fingerprint density at radius 1 is 1.29 bits per heavy atom. The molecule has 0 saturated heterocycles. The van der Waals surface area contributed by atoms with E-state index in [0.717, 1.165) is 22.6 Å². The van der Waals surface area contributed by atoms with E-state index in [4.69, 9.17) is 5.11 Å². The Balaban J connectivity index is 2.33. The molecule has 0 unspecified atom stereocenters. The highest BCUT2D eigenvalue weighted by Gasteiger charge is 2.13. The zero-order valence-electron chi connectivity index (χ0n) is 12.3. The quantitative estimate of drug-likeness (QED) is 0.890. The van der Waals surface area contributed by atoms with Crippen LogP contribution in [0.3, 0.4) is 0 Å². The van der Waals surface area contributed by atoms with Crippen LogP contribution in [0, 0.1) is 6.92 Å². The average Bonchev–Trinajstić information content (AvgIpc) is 2.73. The molecule has 2 rings (SSSR count). The fourth-order valence-corrected chi connectivity index (χ4v) is 3.24. The lowest BCUT2D eigenvalue weighted by Gasteiger charge is -2.09. The maximum Gasteiger partial charge on any atom is 0.307 e. The lowest BCUT2D eigenvalue weighted by molar-refractivity contribution is -0.137. The molecule has 0 aliphatic carbocycles. The number of aliphatic carboxylic acids is 1. The number of hydrogen-bond acceptors (Lipinski definition) is 3. The lowest BCUT2D eigenvalue weighted by atomic mass is 10.1. The van der Waals surface area contributed by atoms with Crippen LogP contribution in [0.2, 0.25) is 0 Å². The maximum absolute atomic E-state index is 12.1. The van der Waals surface area contributed by atoms with Gasteiger partial charge in [-0.25, -0.2) is 0 Å². The molecular formula is C16H19NO3S. The average molecular weight is 305 g/mol. The minimum Gasteiger partial charge on any atom is -0.481 e. The summed E-state index contributed by atoms with van der Waals surface area (Å²) in [6.07, 6.45) is 1.52. The van der Waals surface area contributed by atoms with E-state index in [-0.39, 0.29) is 11.3 Å². The van der Waals surface area contributed by atoms with Gasteiger partial charge in [0.2, 0.25) is 0 Å². The zero-order chi connectivity index (χ0) is 15.4. The lowest BCUT2D eigenvalue weighted by Crippen LogP contribution is -2.15. The van der Waals surface area contributed by atoms with Gasteiger partial charge in [-0.1, -0.05) is 42.5 Å². The summed E-state index contributed by atoms with van der Waals surface area (Å²) >= 11 is 1.22. The number of aryl methyl sites for hydroxylation is 2. The van der Waals surface area contributed by atoms with E-state index < -0.39 is 5.97 Å². The smallest absolute Gasteiger partial charge is 0.307 e. The molecule has 112 valence electrons. The Morgan fingerprint density at radius 3 is 2.52 bits per heavy atom. The van der Waals surface area contributed by atoms with Crippen molar-refractivity contribution >= 4 is 17.3 Å². The minimum absolute atomic E-state index is 0.0209. The number of hydrogen-bond donors (Lipinski definition) is 1. The summed E-state index contributed by atoms with van der Waals surface area (Å²) in [5.74, 6) is -0.830. The molecular weight excluding hydrogens is 286 g/mol. The first-order valence-corrected chi connectivity index (χ1v) is 7.86. The van der Waals surface area contributed by atoms with Crippen LogP contribution in [-0.4, -0.2) is 15.6 Å². The first-order chi connectivity index (χ1) is 10.0. The third-order valence-corrected chi connectivity index (χ3v) is 4.37. The summed E-state index contributed by atoms with van der Waals surface area (Å²) in [7, 11) is 0. The number of aromatic nitrogens is 1. The Hall–Kier alpha value is -1.88. The predicted molar refractivity (Wildman–Crippen MR) is 85.0 cm³/mol. The van der Waals surface area contributed by atoms with Crippen LogP contribution in [0.4, 0.5) is 0 Å². The Labute approximate surface area is 127 Å². The highest BCUT2D eigenvalue weighted by molar-refractivity contribution is 7.09. The summed E-state index contributed by atoms with van der Waals surface area (Å²) in [5.41, 5.74) is 3.18. The van der Waals surface area contributed by atoms with Crippen molar-refractivity contribution in [2.75, 3.05) is 0 Å². The number of thiazole rings is 1. The summed E-state index contributed by atoms with van der Waals surface area (Å²) in [6, 6.07) is 8.19. The summed E-state index contributed by atoms with van der Waals surface area (Å²) in [4.78, 5) is 23.6. The van der Waals surface area contributed by atoms with E-state index >= 15 is 0 Å². The van der Waals surface area contributed by atoms with Gasteiger partial charge in [0.25, 0.3) is 0 Å². The summed E-state index contributed by atoms with van der Waals surface area (Å²) in [6.45, 7) is 4.48. The van der Waals surface area contributed by atoms with E-state index in [1.807, 2.05) is 19.1 Å². The van der Waals surface area contributed by atoms with Crippen molar-refractivity contribution in [1.29, 1.82) is 0 Å². The number of nitrogens with zero attached hydrogens (tertiary/aromatic N) is 1. The van der Waals surface area contributed by atoms with Crippen molar-refractivity contribution in [1.82, 2.24) is 4.57 Å². The van der Waals surface area contributed by atoms with Gasteiger partial charge < -0.3 is 5.11 Å². The molecule has 0 bridgehead atoms. The van der Waals surface area contributed by atoms with Crippen LogP contribution in [0.15, 0.2) is 29.1 Å². The molecule has 0 amide bonds. The molecule has 1 aromatic carbocycles. The Bertz CT molecular complexity index is 683. The highest BCUT2D eigenvalue weighted by Crippen LogP contribution is 2.26. The summed E-state index contributed by atoms with van der Waals surface area (Å²) in [5, 5.41) is 8.73. The van der Waals surface area contributed by atoms with Crippen molar-refractivity contribution in [3.63, 3.8) is 0 Å². The molecule has 1 N–H and O–H groups in total. The molecule has 1 heterocycles. The monoisotopic (exact) mass is 305 g/mol. The van der Waals surface area contributed by atoms with Crippen molar-refractivity contribution in [2.24, 2.45) is 0 Å². The van der Waals surface area contributed by atoms with Gasteiger partial charge in [-0.2, -0.15) is 0 Å². The first-order valence-electron chi connectivity index (χ1n) is 7.04. The van der Waals surface area contributed by atoms with Crippen LogP contribution < -0.4 is 4.87 Å². The van der Waals surface area contributed by atoms with Gasteiger partial charge in [-0.05, 0) is 30.9 Å². The van der Waals surface area contributed by atoms with Crippen molar-refractivity contribution in [3.05, 3.63) is 44.4 Å². The molecule has 0 atom stereocenters. The van der Waals surface area contributed by atoms with Crippen molar-refractivity contribution < 1.29 is 9.90 Å². The molecule has 0 aliphatic rings. The number of rotatable bonds is 6. The highest BCUT2D eigenvalue weighted by atomic mass is 32.1. The predicted octanol–water partition coefficient (Wildman–Crippen LogP) is 3.31. The van der Waals surface area contributed by atoms with Crippen LogP contribution in [-0.2, 0) is 17.8 Å². The zero-order valence-corrected chi connectivity index (χ0v) is 13.1. The van der Waals surface area contributed by atoms with E-state index in [1.165, 1.54) is 16.9 Å². The number of carboxylic acid groups (broad SMARTS) is 1. The first kappa shape index (κ1) is 15.5. The largest absolute Gasteiger partial charge is 0.481 e. The van der Waals surface area contributed by atoms with Gasteiger partial charge in [0.05, 0.1) is 5.69 Å². The molecule has 0 fully saturated rings. The van der Waals surface area contributed by atoms with Gasteiger partial charge in [0.15, 0.2) is 0 Å². The molecule has 0 radical (unpaired) electrons. The van der Waals surface area contributed by atoms with Crippen molar-refractivity contribution in [3.8, 4) is 11.3 Å². The standard InChI is InChI=1S/C16H19NO3S/c1-3-12-6-8-13(9-7-12)15-11(2)21-16(20)17(15)10-4-5-14(18)19/h6-9H,3-5,10H2,1-2H3,(H,18,19). The molecule has 5 heteroatoms. The topological polar surface area (TPSA) is 59.3 Å². The molecule has 21 heavy (non-hydrogen) atoms. The number of carbonyl (C=O) groups is 1. The van der Waals surface area contributed by atoms with Gasteiger partial charge in [0, 0.05) is 17.8 Å². The van der Waals surface area contributed by atoms with E-state index in [0.29, 0.717) is 13.0 Å². The van der Waals surface area contributed by atoms with E-state index in [9.17, 15) is 9.59 Å². The molecule has 0 aliphatic heterocycles. The van der Waals surface area contributed by atoms with E-state index in [2.05, 4.69) is 19.1 Å². The number of benzene rings is 1. The van der Waals surface area contributed by atoms with E-state index in [1.54, 1.807) is 4.57 Å². The third-order valence-electron chi connectivity index (χ3n) is 3.47. The molecule has 0 spiro atoms. The van der Waals surface area contributed by atoms with Crippen molar-refractivity contribution in [2.45, 2.75) is 39.7 Å². The van der Waals surface area contributed by atoms with Gasteiger partial charge in [-0.15, -0.1) is 0 Å². The maximum atomic E-state index is 12.1.